The number of carbonyl (C=O) groups is 1. The summed E-state index contributed by atoms with van der Waals surface area (Å²) in [6.07, 6.45) is 0.118. The molecular formula is C19H23NO2. The van der Waals surface area contributed by atoms with Gasteiger partial charge >= 0.3 is 0 Å². The van der Waals surface area contributed by atoms with Crippen molar-refractivity contribution in [2.24, 2.45) is 0 Å². The Morgan fingerprint density at radius 1 is 1.09 bits per heavy atom. The standard InChI is InChI=1S/C19H23NO2/c1-5-18(22-16-11-9-13(2)10-12-16)19(21)20-17-8-6-7-14(3)15(17)4/h6-12,18H,5H2,1-4H3,(H,20,21)/t18-/m1/s1. The largest absolute Gasteiger partial charge is 0.481 e. The minimum Gasteiger partial charge on any atom is -0.481 e. The topological polar surface area (TPSA) is 38.3 Å². The first-order valence-corrected chi connectivity index (χ1v) is 7.61. The van der Waals surface area contributed by atoms with Gasteiger partial charge in [-0.25, -0.2) is 0 Å². The minimum absolute atomic E-state index is 0.114. The number of rotatable bonds is 5. The molecule has 2 aromatic rings. The Bertz CT molecular complexity index is 647. The van der Waals surface area contributed by atoms with Crippen LogP contribution in [-0.4, -0.2) is 12.0 Å². The first kappa shape index (κ1) is 16.1. The fraction of sp³-hybridized carbons (Fsp3) is 0.316. The molecule has 0 unspecified atom stereocenters. The Kier molecular flexibility index (Phi) is 5.21. The lowest BCUT2D eigenvalue weighted by atomic mass is 10.1. The molecule has 0 saturated heterocycles. The van der Waals surface area contributed by atoms with Crippen LogP contribution in [0.4, 0.5) is 5.69 Å². The third kappa shape index (κ3) is 3.88. The van der Waals surface area contributed by atoms with Gasteiger partial charge < -0.3 is 10.1 Å². The second kappa shape index (κ2) is 7.12. The van der Waals surface area contributed by atoms with E-state index >= 15 is 0 Å². The molecule has 0 aliphatic rings. The maximum atomic E-state index is 12.4. The van der Waals surface area contributed by atoms with E-state index in [0.29, 0.717) is 12.2 Å². The van der Waals surface area contributed by atoms with Crippen molar-refractivity contribution in [1.29, 1.82) is 0 Å². The number of ether oxygens (including phenoxy) is 1. The molecule has 0 fully saturated rings. The Hall–Kier alpha value is -2.29. The summed E-state index contributed by atoms with van der Waals surface area (Å²) in [5.74, 6) is 0.602. The van der Waals surface area contributed by atoms with Crippen LogP contribution >= 0.6 is 0 Å². The lowest BCUT2D eigenvalue weighted by Crippen LogP contribution is -2.32. The molecule has 2 aromatic carbocycles. The summed E-state index contributed by atoms with van der Waals surface area (Å²) in [7, 11) is 0. The van der Waals surface area contributed by atoms with Gasteiger partial charge in [0, 0.05) is 5.69 Å². The van der Waals surface area contributed by atoms with E-state index in [1.807, 2.05) is 70.2 Å². The van der Waals surface area contributed by atoms with Gasteiger partial charge in [-0.05, 0) is 56.5 Å². The molecule has 0 aliphatic heterocycles. The highest BCUT2D eigenvalue weighted by Gasteiger charge is 2.19. The molecule has 0 radical (unpaired) electrons. The van der Waals surface area contributed by atoms with Crippen LogP contribution in [0.1, 0.15) is 30.0 Å². The first-order chi connectivity index (χ1) is 10.5. The van der Waals surface area contributed by atoms with Crippen LogP contribution in [0, 0.1) is 20.8 Å². The quantitative estimate of drug-likeness (QED) is 0.888. The molecule has 0 bridgehead atoms. The monoisotopic (exact) mass is 297 g/mol. The lowest BCUT2D eigenvalue weighted by Gasteiger charge is -2.18. The predicted molar refractivity (Wildman–Crippen MR) is 90.4 cm³/mol. The highest BCUT2D eigenvalue weighted by atomic mass is 16.5. The molecule has 3 heteroatoms. The number of nitrogens with one attached hydrogen (secondary N) is 1. The van der Waals surface area contributed by atoms with E-state index in [-0.39, 0.29) is 5.91 Å². The van der Waals surface area contributed by atoms with Gasteiger partial charge in [-0.2, -0.15) is 0 Å². The number of carbonyl (C=O) groups excluding carboxylic acids is 1. The van der Waals surface area contributed by atoms with Crippen molar-refractivity contribution < 1.29 is 9.53 Å². The van der Waals surface area contributed by atoms with Gasteiger partial charge in [0.1, 0.15) is 5.75 Å². The second-order valence-corrected chi connectivity index (χ2v) is 5.56. The average molecular weight is 297 g/mol. The SMILES string of the molecule is CC[C@@H](Oc1ccc(C)cc1)C(=O)Nc1cccc(C)c1C. The van der Waals surface area contributed by atoms with Crippen molar-refractivity contribution in [2.45, 2.75) is 40.2 Å². The van der Waals surface area contributed by atoms with Gasteiger partial charge in [0.15, 0.2) is 6.10 Å². The van der Waals surface area contributed by atoms with Crippen LogP contribution in [-0.2, 0) is 4.79 Å². The van der Waals surface area contributed by atoms with Crippen molar-refractivity contribution in [3.05, 3.63) is 59.2 Å². The van der Waals surface area contributed by atoms with Crippen LogP contribution in [0.15, 0.2) is 42.5 Å². The van der Waals surface area contributed by atoms with Crippen molar-refractivity contribution in [2.75, 3.05) is 5.32 Å². The van der Waals surface area contributed by atoms with Gasteiger partial charge in [0.25, 0.3) is 5.91 Å². The van der Waals surface area contributed by atoms with Crippen molar-refractivity contribution in [3.63, 3.8) is 0 Å². The number of benzene rings is 2. The summed E-state index contributed by atoms with van der Waals surface area (Å²) in [5.41, 5.74) is 4.25. The van der Waals surface area contributed by atoms with Crippen molar-refractivity contribution in [3.8, 4) is 5.75 Å². The summed E-state index contributed by atoms with van der Waals surface area (Å²) >= 11 is 0. The molecule has 2 rings (SSSR count). The number of aryl methyl sites for hydroxylation is 2. The highest BCUT2D eigenvalue weighted by Crippen LogP contribution is 2.20. The van der Waals surface area contributed by atoms with Crippen molar-refractivity contribution in [1.82, 2.24) is 0 Å². The van der Waals surface area contributed by atoms with E-state index < -0.39 is 6.10 Å². The van der Waals surface area contributed by atoms with E-state index in [1.165, 1.54) is 5.56 Å². The molecule has 116 valence electrons. The lowest BCUT2D eigenvalue weighted by molar-refractivity contribution is -0.122. The molecule has 22 heavy (non-hydrogen) atoms. The van der Waals surface area contributed by atoms with Crippen LogP contribution < -0.4 is 10.1 Å². The van der Waals surface area contributed by atoms with Crippen LogP contribution in [0.5, 0.6) is 5.75 Å². The summed E-state index contributed by atoms with van der Waals surface area (Å²) in [4.78, 5) is 12.4. The normalized spacial score (nSPS) is 11.8. The molecule has 0 aromatic heterocycles. The summed E-state index contributed by atoms with van der Waals surface area (Å²) in [6, 6.07) is 13.6. The molecule has 0 aliphatic carbocycles. The minimum atomic E-state index is -0.498. The zero-order valence-corrected chi connectivity index (χ0v) is 13.6. The van der Waals surface area contributed by atoms with Gasteiger partial charge in [0.2, 0.25) is 0 Å². The fourth-order valence-electron chi connectivity index (χ4n) is 2.20. The average Bonchev–Trinajstić information content (AvgIpc) is 2.51. The van der Waals surface area contributed by atoms with Gasteiger partial charge in [0.05, 0.1) is 0 Å². The van der Waals surface area contributed by atoms with E-state index in [9.17, 15) is 4.79 Å². The Morgan fingerprint density at radius 3 is 2.41 bits per heavy atom. The molecule has 0 saturated carbocycles. The fourth-order valence-corrected chi connectivity index (χ4v) is 2.20. The molecule has 0 heterocycles. The number of amides is 1. The Balaban J connectivity index is 2.08. The predicted octanol–water partition coefficient (Wildman–Crippen LogP) is 4.41. The van der Waals surface area contributed by atoms with E-state index in [0.717, 1.165) is 16.8 Å². The van der Waals surface area contributed by atoms with E-state index in [1.54, 1.807) is 0 Å². The highest BCUT2D eigenvalue weighted by molar-refractivity contribution is 5.95. The molecule has 1 atom stereocenters. The van der Waals surface area contributed by atoms with Crippen molar-refractivity contribution >= 4 is 11.6 Å². The Morgan fingerprint density at radius 2 is 1.77 bits per heavy atom. The van der Waals surface area contributed by atoms with E-state index in [2.05, 4.69) is 5.32 Å². The Labute approximate surface area is 132 Å². The number of hydrogen-bond acceptors (Lipinski definition) is 2. The molecular weight excluding hydrogens is 274 g/mol. The smallest absolute Gasteiger partial charge is 0.265 e. The maximum absolute atomic E-state index is 12.4. The zero-order chi connectivity index (χ0) is 16.1. The van der Waals surface area contributed by atoms with Crippen LogP contribution in [0.3, 0.4) is 0 Å². The molecule has 3 nitrogen and oxygen atoms in total. The van der Waals surface area contributed by atoms with Gasteiger partial charge in [-0.15, -0.1) is 0 Å². The molecule has 1 N–H and O–H groups in total. The van der Waals surface area contributed by atoms with Crippen LogP contribution in [0.25, 0.3) is 0 Å². The summed E-state index contributed by atoms with van der Waals surface area (Å²) in [6.45, 7) is 8.01. The van der Waals surface area contributed by atoms with Gasteiger partial charge in [-0.3, -0.25) is 4.79 Å². The van der Waals surface area contributed by atoms with E-state index in [4.69, 9.17) is 4.74 Å². The van der Waals surface area contributed by atoms with Gasteiger partial charge in [-0.1, -0.05) is 36.8 Å². The molecule has 1 amide bonds. The third-order valence-electron chi connectivity index (χ3n) is 3.83. The summed E-state index contributed by atoms with van der Waals surface area (Å²) < 4.78 is 5.81. The summed E-state index contributed by atoms with van der Waals surface area (Å²) in [5, 5.41) is 2.97. The second-order valence-electron chi connectivity index (χ2n) is 5.56. The van der Waals surface area contributed by atoms with Crippen LogP contribution in [0.2, 0.25) is 0 Å². The number of anilines is 1. The maximum Gasteiger partial charge on any atom is 0.265 e. The zero-order valence-electron chi connectivity index (χ0n) is 13.6. The first-order valence-electron chi connectivity index (χ1n) is 7.61. The molecule has 0 spiro atoms. The number of hydrogen-bond donors (Lipinski definition) is 1. The third-order valence-corrected chi connectivity index (χ3v) is 3.83.